The highest BCUT2D eigenvalue weighted by Gasteiger charge is 2.23. The number of ether oxygens (including phenoxy) is 2. The molecular weight excluding hydrogens is 116 g/mol. The van der Waals surface area contributed by atoms with E-state index in [0.717, 1.165) is 17.9 Å². The Morgan fingerprint density at radius 1 is 1.44 bits per heavy atom. The van der Waals surface area contributed by atoms with E-state index in [0.29, 0.717) is 5.92 Å². The molecule has 0 aliphatic carbocycles. The van der Waals surface area contributed by atoms with Crippen molar-refractivity contribution in [1.29, 1.82) is 0 Å². The summed E-state index contributed by atoms with van der Waals surface area (Å²) in [6, 6.07) is 0. The number of hydrogen-bond donors (Lipinski definition) is 0. The molecule has 0 aromatic heterocycles. The van der Waals surface area contributed by atoms with Crippen LogP contribution in [0.15, 0.2) is 24.0 Å². The minimum Gasteiger partial charge on any atom is -0.463 e. The minimum absolute atomic E-state index is 0.513. The summed E-state index contributed by atoms with van der Waals surface area (Å²) in [5.74, 6) is 2.71. The van der Waals surface area contributed by atoms with Crippen molar-refractivity contribution in [3.8, 4) is 0 Å². The zero-order valence-corrected chi connectivity index (χ0v) is 5.26. The molecule has 0 fully saturated rings. The third-order valence-corrected chi connectivity index (χ3v) is 1.53. The Bertz CT molecular complexity index is 191. The largest absolute Gasteiger partial charge is 0.463 e. The molecule has 0 aromatic carbocycles. The van der Waals surface area contributed by atoms with E-state index < -0.39 is 0 Å². The zero-order chi connectivity index (χ0) is 6.27. The Morgan fingerprint density at radius 2 is 2.11 bits per heavy atom. The molecule has 0 saturated heterocycles. The summed E-state index contributed by atoms with van der Waals surface area (Å²) < 4.78 is 9.77. The molecule has 1 atom stereocenters. The molecule has 2 nitrogen and oxygen atoms in total. The summed E-state index contributed by atoms with van der Waals surface area (Å²) in [5, 5.41) is 0. The van der Waals surface area contributed by atoms with Gasteiger partial charge in [0.2, 0.25) is 0 Å². The lowest BCUT2D eigenvalue weighted by molar-refractivity contribution is 0.407. The van der Waals surface area contributed by atoms with Crippen molar-refractivity contribution < 1.29 is 9.47 Å². The summed E-state index contributed by atoms with van der Waals surface area (Å²) >= 11 is 0. The van der Waals surface area contributed by atoms with Gasteiger partial charge in [-0.25, -0.2) is 0 Å². The second-order valence-corrected chi connectivity index (χ2v) is 2.45. The zero-order valence-electron chi connectivity index (χ0n) is 5.26. The maximum Gasteiger partial charge on any atom is 0.142 e. The fourth-order valence-corrected chi connectivity index (χ4v) is 0.807. The van der Waals surface area contributed by atoms with E-state index >= 15 is 0 Å². The van der Waals surface area contributed by atoms with E-state index in [1.807, 2.05) is 0 Å². The highest BCUT2D eigenvalue weighted by atomic mass is 16.5. The van der Waals surface area contributed by atoms with Gasteiger partial charge in [-0.05, 0) is 0 Å². The van der Waals surface area contributed by atoms with Gasteiger partial charge < -0.3 is 9.47 Å². The first kappa shape index (κ1) is 4.91. The predicted octanol–water partition coefficient (Wildman–Crippen LogP) is 1.76. The molecule has 2 aliphatic heterocycles. The average molecular weight is 124 g/mol. The van der Waals surface area contributed by atoms with Crippen LogP contribution in [0.5, 0.6) is 0 Å². The van der Waals surface area contributed by atoms with Gasteiger partial charge in [0.05, 0.1) is 0 Å². The lowest BCUT2D eigenvalue weighted by Crippen LogP contribution is -1.89. The molecule has 2 heteroatoms. The molecule has 0 N–H and O–H groups in total. The predicted molar refractivity (Wildman–Crippen MR) is 32.1 cm³/mol. The summed E-state index contributed by atoms with van der Waals surface area (Å²) in [7, 11) is 0. The Labute approximate surface area is 53.8 Å². The van der Waals surface area contributed by atoms with Gasteiger partial charge in [0.1, 0.15) is 24.0 Å². The highest BCUT2D eigenvalue weighted by molar-refractivity contribution is 5.13. The average Bonchev–Trinajstić information content (AvgIpc) is 2.62. The summed E-state index contributed by atoms with van der Waals surface area (Å²) in [6.45, 7) is 2.13. The van der Waals surface area contributed by atoms with Gasteiger partial charge in [0.15, 0.2) is 0 Å². The van der Waals surface area contributed by atoms with Crippen LogP contribution in [0, 0.1) is 5.92 Å². The fraction of sp³-hybridized carbons (Fsp3) is 0.429. The van der Waals surface area contributed by atoms with Crippen LogP contribution in [0.4, 0.5) is 0 Å². The molecule has 2 heterocycles. The molecule has 2 rings (SSSR count). The van der Waals surface area contributed by atoms with Crippen LogP contribution in [0.2, 0.25) is 0 Å². The molecule has 0 amide bonds. The van der Waals surface area contributed by atoms with Crippen molar-refractivity contribution in [3.63, 3.8) is 0 Å². The maximum absolute atomic E-state index is 4.91. The van der Waals surface area contributed by atoms with Crippen LogP contribution in [-0.2, 0) is 9.47 Å². The normalized spacial score (nSPS) is 22.8. The van der Waals surface area contributed by atoms with Gasteiger partial charge in [-0.3, -0.25) is 0 Å². The van der Waals surface area contributed by atoms with E-state index in [4.69, 9.17) is 9.47 Å². The molecule has 9 heavy (non-hydrogen) atoms. The molecule has 0 aromatic rings. The molecule has 1 unspecified atom stereocenters. The maximum atomic E-state index is 4.91. The first-order chi connectivity index (χ1) is 4.36. The van der Waals surface area contributed by atoms with Crippen molar-refractivity contribution in [1.82, 2.24) is 0 Å². The summed E-state index contributed by atoms with van der Waals surface area (Å²) in [4.78, 5) is 0. The van der Waals surface area contributed by atoms with Crippen LogP contribution in [0.1, 0.15) is 13.3 Å². The van der Waals surface area contributed by atoms with Gasteiger partial charge in [0, 0.05) is 12.3 Å². The minimum atomic E-state index is 0.513. The fourth-order valence-electron chi connectivity index (χ4n) is 0.807. The number of hydrogen-bond acceptors (Lipinski definition) is 2. The second kappa shape index (κ2) is 1.53. The number of rotatable bonds is 3. The lowest BCUT2D eigenvalue weighted by atomic mass is 10.1. The van der Waals surface area contributed by atoms with E-state index in [1.165, 1.54) is 0 Å². The van der Waals surface area contributed by atoms with E-state index in [9.17, 15) is 0 Å². The first-order valence-corrected chi connectivity index (χ1v) is 3.08. The lowest BCUT2D eigenvalue weighted by Gasteiger charge is -1.97. The standard InChI is InChI=1S/C7H8O2/c1-5(7-4-9-7)2-6-3-8-6/h3-5H,2H2,1H3. The van der Waals surface area contributed by atoms with Crippen LogP contribution in [-0.4, -0.2) is 0 Å². The van der Waals surface area contributed by atoms with Gasteiger partial charge in [-0.2, -0.15) is 0 Å². The number of allylic oxidation sites excluding steroid dienone is 2. The van der Waals surface area contributed by atoms with Crippen molar-refractivity contribution in [2.75, 3.05) is 0 Å². The van der Waals surface area contributed by atoms with Crippen LogP contribution < -0.4 is 0 Å². The van der Waals surface area contributed by atoms with E-state index in [2.05, 4.69) is 6.92 Å². The van der Waals surface area contributed by atoms with Crippen molar-refractivity contribution in [3.05, 3.63) is 24.0 Å². The Morgan fingerprint density at radius 3 is 2.56 bits per heavy atom. The molecule has 0 bridgehead atoms. The first-order valence-electron chi connectivity index (χ1n) is 3.08. The van der Waals surface area contributed by atoms with Gasteiger partial charge >= 0.3 is 0 Å². The Balaban J connectivity index is 1.82. The monoisotopic (exact) mass is 124 g/mol. The summed E-state index contributed by atoms with van der Waals surface area (Å²) in [6.07, 6.45) is 4.55. The van der Waals surface area contributed by atoms with Gasteiger partial charge in [0.25, 0.3) is 0 Å². The van der Waals surface area contributed by atoms with E-state index in [1.54, 1.807) is 12.5 Å². The third kappa shape index (κ3) is 1.07. The van der Waals surface area contributed by atoms with Crippen molar-refractivity contribution in [2.24, 2.45) is 5.92 Å². The molecule has 0 radical (unpaired) electrons. The second-order valence-electron chi connectivity index (χ2n) is 2.45. The summed E-state index contributed by atoms with van der Waals surface area (Å²) in [5.41, 5.74) is 0. The molecule has 48 valence electrons. The van der Waals surface area contributed by atoms with Gasteiger partial charge in [-0.15, -0.1) is 0 Å². The Hall–Kier alpha value is -0.920. The third-order valence-electron chi connectivity index (χ3n) is 1.53. The van der Waals surface area contributed by atoms with Crippen molar-refractivity contribution in [2.45, 2.75) is 13.3 Å². The smallest absolute Gasteiger partial charge is 0.142 e. The molecule has 2 aliphatic rings. The highest BCUT2D eigenvalue weighted by Crippen LogP contribution is 2.32. The van der Waals surface area contributed by atoms with Crippen LogP contribution in [0.3, 0.4) is 0 Å². The molecule has 0 spiro atoms. The van der Waals surface area contributed by atoms with Crippen molar-refractivity contribution >= 4 is 0 Å². The molecule has 0 saturated carbocycles. The molecular formula is C7H8O2. The van der Waals surface area contributed by atoms with E-state index in [-0.39, 0.29) is 0 Å². The van der Waals surface area contributed by atoms with Gasteiger partial charge in [-0.1, -0.05) is 6.92 Å². The van der Waals surface area contributed by atoms with Crippen LogP contribution in [0.25, 0.3) is 0 Å². The topological polar surface area (TPSA) is 25.1 Å². The quantitative estimate of drug-likeness (QED) is 0.572. The van der Waals surface area contributed by atoms with Crippen LogP contribution >= 0.6 is 0 Å². The Kier molecular flexibility index (Phi) is 0.835. The SMILES string of the molecule is CC(CC1=CO1)C1=CO1.